The Hall–Kier alpha value is -0.940. The third-order valence-corrected chi connectivity index (χ3v) is 3.02. The van der Waals surface area contributed by atoms with E-state index in [0.29, 0.717) is 6.04 Å². The highest BCUT2D eigenvalue weighted by Crippen LogP contribution is 2.20. The van der Waals surface area contributed by atoms with Gasteiger partial charge in [0.1, 0.15) is 0 Å². The SMILES string of the molecule is CCCC(N)c1cn(C2CCCOC2)nn1. The van der Waals surface area contributed by atoms with Crippen LogP contribution in [-0.4, -0.2) is 28.2 Å². The van der Waals surface area contributed by atoms with Crippen LogP contribution in [0.25, 0.3) is 0 Å². The van der Waals surface area contributed by atoms with Crippen LogP contribution in [0, 0.1) is 0 Å². The Labute approximate surface area is 96.0 Å². The minimum Gasteiger partial charge on any atom is -0.379 e. The zero-order chi connectivity index (χ0) is 11.4. The van der Waals surface area contributed by atoms with Gasteiger partial charge in [0.25, 0.3) is 0 Å². The molecule has 1 aliphatic rings. The maximum Gasteiger partial charge on any atom is 0.0994 e. The fourth-order valence-electron chi connectivity index (χ4n) is 2.03. The summed E-state index contributed by atoms with van der Waals surface area (Å²) in [6.07, 6.45) is 6.22. The van der Waals surface area contributed by atoms with Crippen molar-refractivity contribution in [2.24, 2.45) is 5.73 Å². The molecule has 1 aromatic rings. The van der Waals surface area contributed by atoms with Crippen LogP contribution in [0.1, 0.15) is 50.4 Å². The first-order chi connectivity index (χ1) is 7.81. The first kappa shape index (κ1) is 11.5. The Morgan fingerprint density at radius 2 is 2.56 bits per heavy atom. The summed E-state index contributed by atoms with van der Waals surface area (Å²) in [6, 6.07) is 0.354. The summed E-state index contributed by atoms with van der Waals surface area (Å²) in [4.78, 5) is 0. The molecule has 0 saturated carbocycles. The number of ether oxygens (including phenoxy) is 1. The smallest absolute Gasteiger partial charge is 0.0994 e. The molecule has 2 unspecified atom stereocenters. The molecular weight excluding hydrogens is 204 g/mol. The number of rotatable bonds is 4. The second-order valence-corrected chi connectivity index (χ2v) is 4.39. The second-order valence-electron chi connectivity index (χ2n) is 4.39. The molecular formula is C11H20N4O. The maximum atomic E-state index is 6.00. The first-order valence-corrected chi connectivity index (χ1v) is 6.06. The lowest BCUT2D eigenvalue weighted by atomic mass is 10.1. The summed E-state index contributed by atoms with van der Waals surface area (Å²) in [5.41, 5.74) is 6.90. The van der Waals surface area contributed by atoms with Gasteiger partial charge in [0.2, 0.25) is 0 Å². The van der Waals surface area contributed by atoms with Crippen LogP contribution in [0.3, 0.4) is 0 Å². The van der Waals surface area contributed by atoms with Crippen LogP contribution in [0.2, 0.25) is 0 Å². The van der Waals surface area contributed by atoms with Gasteiger partial charge in [-0.1, -0.05) is 18.6 Å². The lowest BCUT2D eigenvalue weighted by Crippen LogP contribution is -2.21. The average Bonchev–Trinajstić information content (AvgIpc) is 2.80. The van der Waals surface area contributed by atoms with Gasteiger partial charge in [-0.2, -0.15) is 0 Å². The molecule has 2 N–H and O–H groups in total. The van der Waals surface area contributed by atoms with Crippen LogP contribution in [0.15, 0.2) is 6.20 Å². The predicted octanol–water partition coefficient (Wildman–Crippen LogP) is 1.43. The van der Waals surface area contributed by atoms with E-state index in [1.54, 1.807) is 0 Å². The van der Waals surface area contributed by atoms with Gasteiger partial charge in [0.15, 0.2) is 0 Å². The first-order valence-electron chi connectivity index (χ1n) is 6.06. The highest BCUT2D eigenvalue weighted by atomic mass is 16.5. The summed E-state index contributed by atoms with van der Waals surface area (Å²) in [6.45, 7) is 3.73. The zero-order valence-electron chi connectivity index (χ0n) is 9.80. The van der Waals surface area contributed by atoms with E-state index in [9.17, 15) is 0 Å². The Morgan fingerprint density at radius 1 is 1.69 bits per heavy atom. The number of aromatic nitrogens is 3. The monoisotopic (exact) mass is 224 g/mol. The van der Waals surface area contributed by atoms with Crippen molar-refractivity contribution >= 4 is 0 Å². The largest absolute Gasteiger partial charge is 0.379 e. The van der Waals surface area contributed by atoms with Gasteiger partial charge in [0.05, 0.1) is 30.6 Å². The van der Waals surface area contributed by atoms with Gasteiger partial charge >= 0.3 is 0 Å². The number of nitrogens with two attached hydrogens (primary N) is 1. The Bertz CT molecular complexity index is 320. The van der Waals surface area contributed by atoms with E-state index in [1.807, 2.05) is 10.9 Å². The van der Waals surface area contributed by atoms with Crippen molar-refractivity contribution in [1.29, 1.82) is 0 Å². The molecule has 1 aromatic heterocycles. The molecule has 0 aromatic carbocycles. The topological polar surface area (TPSA) is 66.0 Å². The fraction of sp³-hybridized carbons (Fsp3) is 0.818. The molecule has 1 fully saturated rings. The second kappa shape index (κ2) is 5.41. The minimum atomic E-state index is 0.0169. The van der Waals surface area contributed by atoms with E-state index in [1.165, 1.54) is 0 Å². The molecule has 0 bridgehead atoms. The van der Waals surface area contributed by atoms with Crippen molar-refractivity contribution in [1.82, 2.24) is 15.0 Å². The van der Waals surface area contributed by atoms with Crippen LogP contribution < -0.4 is 5.73 Å². The van der Waals surface area contributed by atoms with Gasteiger partial charge in [-0.15, -0.1) is 5.10 Å². The molecule has 1 aliphatic heterocycles. The van der Waals surface area contributed by atoms with Gasteiger partial charge in [0, 0.05) is 6.61 Å². The summed E-state index contributed by atoms with van der Waals surface area (Å²) in [5.74, 6) is 0. The third kappa shape index (κ3) is 2.59. The van der Waals surface area contributed by atoms with Crippen LogP contribution in [0.5, 0.6) is 0 Å². The standard InChI is InChI=1S/C11H20N4O/c1-2-4-10(12)11-7-15(14-13-11)9-5-3-6-16-8-9/h7,9-10H,2-6,8,12H2,1H3. The number of hydrogen-bond acceptors (Lipinski definition) is 4. The molecule has 2 heterocycles. The molecule has 90 valence electrons. The average molecular weight is 224 g/mol. The highest BCUT2D eigenvalue weighted by molar-refractivity contribution is 5.00. The molecule has 16 heavy (non-hydrogen) atoms. The van der Waals surface area contributed by atoms with E-state index < -0.39 is 0 Å². The molecule has 5 heteroatoms. The molecule has 0 amide bonds. The van der Waals surface area contributed by atoms with Gasteiger partial charge in [-0.25, -0.2) is 4.68 Å². The molecule has 0 aliphatic carbocycles. The van der Waals surface area contributed by atoms with Crippen molar-refractivity contribution in [2.75, 3.05) is 13.2 Å². The fourth-order valence-corrected chi connectivity index (χ4v) is 2.03. The predicted molar refractivity (Wildman–Crippen MR) is 60.9 cm³/mol. The molecule has 5 nitrogen and oxygen atoms in total. The van der Waals surface area contributed by atoms with Crippen LogP contribution in [-0.2, 0) is 4.74 Å². The maximum absolute atomic E-state index is 6.00. The Balaban J connectivity index is 2.00. The summed E-state index contributed by atoms with van der Waals surface area (Å²) in [5, 5.41) is 8.29. The van der Waals surface area contributed by atoms with Crippen molar-refractivity contribution in [3.63, 3.8) is 0 Å². The molecule has 2 atom stereocenters. The van der Waals surface area contributed by atoms with E-state index in [-0.39, 0.29) is 6.04 Å². The third-order valence-electron chi connectivity index (χ3n) is 3.02. The lowest BCUT2D eigenvalue weighted by Gasteiger charge is -2.21. The summed E-state index contributed by atoms with van der Waals surface area (Å²) >= 11 is 0. The molecule has 0 radical (unpaired) electrons. The number of hydrogen-bond donors (Lipinski definition) is 1. The molecule has 2 rings (SSSR count). The molecule has 0 spiro atoms. The van der Waals surface area contributed by atoms with E-state index in [2.05, 4.69) is 17.2 Å². The summed E-state index contributed by atoms with van der Waals surface area (Å²) in [7, 11) is 0. The van der Waals surface area contributed by atoms with E-state index in [0.717, 1.165) is 44.6 Å². The number of nitrogens with zero attached hydrogens (tertiary/aromatic N) is 3. The highest BCUT2D eigenvalue weighted by Gasteiger charge is 2.18. The Kier molecular flexibility index (Phi) is 3.90. The van der Waals surface area contributed by atoms with Crippen molar-refractivity contribution in [2.45, 2.75) is 44.7 Å². The van der Waals surface area contributed by atoms with Gasteiger partial charge in [-0.05, 0) is 19.3 Å². The zero-order valence-corrected chi connectivity index (χ0v) is 9.80. The Morgan fingerprint density at radius 3 is 3.25 bits per heavy atom. The van der Waals surface area contributed by atoms with Gasteiger partial charge < -0.3 is 10.5 Å². The van der Waals surface area contributed by atoms with Crippen molar-refractivity contribution in [3.8, 4) is 0 Å². The van der Waals surface area contributed by atoms with Gasteiger partial charge in [-0.3, -0.25) is 0 Å². The molecule has 1 saturated heterocycles. The van der Waals surface area contributed by atoms with E-state index >= 15 is 0 Å². The van der Waals surface area contributed by atoms with Crippen LogP contribution >= 0.6 is 0 Å². The quantitative estimate of drug-likeness (QED) is 0.840. The normalized spacial score (nSPS) is 23.2. The van der Waals surface area contributed by atoms with Crippen molar-refractivity contribution < 1.29 is 4.74 Å². The van der Waals surface area contributed by atoms with Crippen molar-refractivity contribution in [3.05, 3.63) is 11.9 Å². The lowest BCUT2D eigenvalue weighted by molar-refractivity contribution is 0.0542. The minimum absolute atomic E-state index is 0.0169. The summed E-state index contributed by atoms with van der Waals surface area (Å²) < 4.78 is 7.34. The van der Waals surface area contributed by atoms with Crippen LogP contribution in [0.4, 0.5) is 0 Å². The van der Waals surface area contributed by atoms with E-state index in [4.69, 9.17) is 10.5 Å².